The highest BCUT2D eigenvalue weighted by Gasteiger charge is 2.56. The van der Waals surface area contributed by atoms with Crippen LogP contribution < -0.4 is 4.74 Å². The molecule has 2 aliphatic heterocycles. The number of aliphatic hydroxyl groups excluding tert-OH is 1. The molecule has 8 nitrogen and oxygen atoms in total. The number of ether oxygens (including phenoxy) is 2. The van der Waals surface area contributed by atoms with Crippen LogP contribution >= 0.6 is 0 Å². The maximum atomic E-state index is 14.3. The van der Waals surface area contributed by atoms with Crippen LogP contribution in [0.15, 0.2) is 101 Å². The van der Waals surface area contributed by atoms with Crippen LogP contribution in [-0.2, 0) is 25.9 Å². The maximum absolute atomic E-state index is 14.3. The number of nitrogens with zero attached hydrogens (tertiary/aromatic N) is 2. The summed E-state index contributed by atoms with van der Waals surface area (Å²) >= 11 is 0. The predicted molar refractivity (Wildman–Crippen MR) is 152 cm³/mol. The maximum Gasteiger partial charge on any atom is 0.255 e. The molecule has 0 aromatic heterocycles. The third kappa shape index (κ3) is 5.39. The minimum atomic E-state index is -3.69. The zero-order valence-corrected chi connectivity index (χ0v) is 22.9. The van der Waals surface area contributed by atoms with E-state index in [-0.39, 0.29) is 42.0 Å². The number of fused-ring (bicyclic) bond motifs is 3. The third-order valence-electron chi connectivity index (χ3n) is 7.20. The van der Waals surface area contributed by atoms with Gasteiger partial charge in [-0.3, -0.25) is 4.79 Å². The first-order valence-electron chi connectivity index (χ1n) is 13.2. The first-order chi connectivity index (χ1) is 19.4. The van der Waals surface area contributed by atoms with Crippen molar-refractivity contribution in [2.75, 3.05) is 25.5 Å². The molecule has 0 spiro atoms. The molecule has 1 N–H and O–H groups in total. The normalized spacial score (nSPS) is 20.1. The van der Waals surface area contributed by atoms with Crippen molar-refractivity contribution in [1.29, 1.82) is 0 Å². The summed E-state index contributed by atoms with van der Waals surface area (Å²) in [6.45, 7) is 4.89. The van der Waals surface area contributed by atoms with Gasteiger partial charge in [0.05, 0.1) is 17.3 Å². The second kappa shape index (κ2) is 11.7. The molecule has 3 aromatic rings. The Morgan fingerprint density at radius 1 is 1.07 bits per heavy atom. The van der Waals surface area contributed by atoms with Crippen LogP contribution in [0.1, 0.15) is 35.6 Å². The second-order valence-electron chi connectivity index (χ2n) is 9.84. The Morgan fingerprint density at radius 3 is 2.52 bits per heavy atom. The van der Waals surface area contributed by atoms with E-state index in [1.165, 1.54) is 0 Å². The fourth-order valence-electron chi connectivity index (χ4n) is 5.15. The molecule has 0 radical (unpaired) electrons. The summed E-state index contributed by atoms with van der Waals surface area (Å²) in [5, 5.41) is 8.99. The zero-order valence-electron chi connectivity index (χ0n) is 22.1. The molecular weight excluding hydrogens is 528 g/mol. The number of benzene rings is 3. The topological polar surface area (TPSA) is 106 Å². The van der Waals surface area contributed by atoms with Crippen LogP contribution in [0.5, 0.6) is 5.75 Å². The first kappa shape index (κ1) is 27.6. The largest absolute Gasteiger partial charge is 0.494 e. The van der Waals surface area contributed by atoms with Crippen LogP contribution in [-0.4, -0.2) is 61.3 Å². The van der Waals surface area contributed by atoms with Gasteiger partial charge in [0.2, 0.25) is 5.90 Å². The van der Waals surface area contributed by atoms with E-state index in [1.807, 2.05) is 24.3 Å². The van der Waals surface area contributed by atoms with Crippen LogP contribution in [0.25, 0.3) is 0 Å². The van der Waals surface area contributed by atoms with Gasteiger partial charge in [0.25, 0.3) is 5.91 Å². The van der Waals surface area contributed by atoms with Crippen molar-refractivity contribution >= 4 is 21.6 Å². The molecule has 2 aliphatic rings. The van der Waals surface area contributed by atoms with Gasteiger partial charge in [0.15, 0.2) is 21.5 Å². The lowest BCUT2D eigenvalue weighted by molar-refractivity contribution is -0.139. The van der Waals surface area contributed by atoms with Crippen molar-refractivity contribution in [2.24, 2.45) is 4.99 Å². The standard InChI is InChI=1S/C31H32N2O6S/c1-2-18-33-22-24-9-6-7-12-27(24)28-31(30(33)35,17-21-40(36,37)26-10-4-3-5-11-26)32-29(39-28)23-13-15-25(16-14-23)38-20-8-19-34/h2-7,9-16,28,34H,1,8,17-22H2/t28-,31-/m1/s1. The van der Waals surface area contributed by atoms with E-state index < -0.39 is 21.5 Å². The minimum absolute atomic E-state index is 0.0462. The van der Waals surface area contributed by atoms with Gasteiger partial charge in [-0.1, -0.05) is 48.5 Å². The predicted octanol–water partition coefficient (Wildman–Crippen LogP) is 4.10. The summed E-state index contributed by atoms with van der Waals surface area (Å²) in [6.07, 6.45) is 1.33. The Balaban J connectivity index is 1.56. The molecule has 5 rings (SSSR count). The van der Waals surface area contributed by atoms with E-state index >= 15 is 0 Å². The Morgan fingerprint density at radius 2 is 1.80 bits per heavy atom. The van der Waals surface area contributed by atoms with Crippen LogP contribution in [0, 0.1) is 0 Å². The Hall–Kier alpha value is -3.95. The Labute approximate surface area is 234 Å². The summed E-state index contributed by atoms with van der Waals surface area (Å²) < 4.78 is 38.8. The van der Waals surface area contributed by atoms with Gasteiger partial charge < -0.3 is 19.5 Å². The van der Waals surface area contributed by atoms with Crippen LogP contribution in [0.4, 0.5) is 0 Å². The number of amides is 1. The number of rotatable bonds is 11. The molecular formula is C31H32N2O6S. The summed E-state index contributed by atoms with van der Waals surface area (Å²) in [6, 6.07) is 23.1. The molecule has 2 heterocycles. The molecule has 208 valence electrons. The average molecular weight is 561 g/mol. The van der Waals surface area contributed by atoms with Gasteiger partial charge >= 0.3 is 0 Å². The van der Waals surface area contributed by atoms with E-state index in [9.17, 15) is 13.2 Å². The number of hydrogen-bond donors (Lipinski definition) is 1. The van der Waals surface area contributed by atoms with Gasteiger partial charge in [-0.25, -0.2) is 13.4 Å². The molecule has 1 amide bonds. The SMILES string of the molecule is C=CCN1Cc2ccccc2[C@H]2OC(c3ccc(OCCCO)cc3)=N[C@@]2(CCS(=O)(=O)c2ccccc2)C1=O. The summed E-state index contributed by atoms with van der Waals surface area (Å²) in [7, 11) is -3.69. The zero-order chi connectivity index (χ0) is 28.2. The van der Waals surface area contributed by atoms with Gasteiger partial charge in [0.1, 0.15) is 5.75 Å². The van der Waals surface area contributed by atoms with E-state index in [0.717, 1.165) is 11.1 Å². The van der Waals surface area contributed by atoms with Crippen molar-refractivity contribution in [3.05, 3.63) is 108 Å². The molecule has 0 unspecified atom stereocenters. The molecule has 9 heteroatoms. The lowest BCUT2D eigenvalue weighted by atomic mass is 9.84. The number of carbonyl (C=O) groups is 1. The van der Waals surface area contributed by atoms with Gasteiger partial charge in [0, 0.05) is 43.7 Å². The summed E-state index contributed by atoms with van der Waals surface area (Å²) in [4.78, 5) is 21.1. The van der Waals surface area contributed by atoms with E-state index in [2.05, 4.69) is 6.58 Å². The molecule has 3 aromatic carbocycles. The first-order valence-corrected chi connectivity index (χ1v) is 14.9. The molecule has 0 saturated heterocycles. The van der Waals surface area contributed by atoms with E-state index in [1.54, 1.807) is 65.6 Å². The van der Waals surface area contributed by atoms with Crippen molar-refractivity contribution in [3.8, 4) is 5.75 Å². The van der Waals surface area contributed by atoms with Crippen molar-refractivity contribution in [2.45, 2.75) is 35.9 Å². The molecule has 0 aliphatic carbocycles. The highest BCUT2D eigenvalue weighted by Crippen LogP contribution is 2.47. The number of aliphatic hydroxyl groups is 1. The van der Waals surface area contributed by atoms with Crippen molar-refractivity contribution in [3.63, 3.8) is 0 Å². The summed E-state index contributed by atoms with van der Waals surface area (Å²) in [5.41, 5.74) is 0.888. The molecule has 2 atom stereocenters. The smallest absolute Gasteiger partial charge is 0.255 e. The molecule has 0 saturated carbocycles. The molecule has 40 heavy (non-hydrogen) atoms. The van der Waals surface area contributed by atoms with Crippen LogP contribution in [0.3, 0.4) is 0 Å². The van der Waals surface area contributed by atoms with E-state index in [0.29, 0.717) is 30.9 Å². The second-order valence-corrected chi connectivity index (χ2v) is 12.0. The number of carbonyl (C=O) groups excluding carboxylic acids is 1. The lowest BCUT2D eigenvalue weighted by Gasteiger charge is -2.32. The van der Waals surface area contributed by atoms with Gasteiger partial charge in [-0.15, -0.1) is 6.58 Å². The third-order valence-corrected chi connectivity index (χ3v) is 8.93. The quantitative estimate of drug-likeness (QED) is 0.280. The van der Waals surface area contributed by atoms with Crippen molar-refractivity contribution in [1.82, 2.24) is 4.90 Å². The van der Waals surface area contributed by atoms with E-state index in [4.69, 9.17) is 19.6 Å². The van der Waals surface area contributed by atoms with Gasteiger partial charge in [-0.2, -0.15) is 0 Å². The monoisotopic (exact) mass is 560 g/mol. The number of aliphatic imine (C=N–C) groups is 1. The Bertz CT molecular complexity index is 1500. The average Bonchev–Trinajstić information content (AvgIpc) is 3.34. The molecule has 0 fully saturated rings. The highest BCUT2D eigenvalue weighted by molar-refractivity contribution is 7.91. The highest BCUT2D eigenvalue weighted by atomic mass is 32.2. The fraction of sp³-hybridized carbons (Fsp3) is 0.290. The summed E-state index contributed by atoms with van der Waals surface area (Å²) in [5.74, 6) is 0.330. The minimum Gasteiger partial charge on any atom is -0.494 e. The fourth-order valence-corrected chi connectivity index (χ4v) is 6.54. The Kier molecular flexibility index (Phi) is 8.04. The lowest BCUT2D eigenvalue weighted by Crippen LogP contribution is -2.49. The van der Waals surface area contributed by atoms with Crippen molar-refractivity contribution < 1.29 is 27.8 Å². The van der Waals surface area contributed by atoms with Crippen LogP contribution in [0.2, 0.25) is 0 Å². The number of sulfone groups is 1. The number of hydrogen-bond acceptors (Lipinski definition) is 7. The molecule has 0 bridgehead atoms. The van der Waals surface area contributed by atoms with Gasteiger partial charge in [-0.05, 0) is 42.0 Å².